The Hall–Kier alpha value is -1.13. The second kappa shape index (κ2) is 6.16. The maximum atomic E-state index is 4.30. The van der Waals surface area contributed by atoms with Crippen LogP contribution in [0.1, 0.15) is 18.9 Å². The van der Waals surface area contributed by atoms with Gasteiger partial charge in [-0.25, -0.2) is 0 Å². The summed E-state index contributed by atoms with van der Waals surface area (Å²) in [6.45, 7) is 6.62. The van der Waals surface area contributed by atoms with Gasteiger partial charge in [0.2, 0.25) is 0 Å². The smallest absolute Gasteiger partial charge is 0.0601 e. The van der Waals surface area contributed by atoms with Crippen molar-refractivity contribution in [1.82, 2.24) is 15.2 Å². The Balaban J connectivity index is 2.23. The van der Waals surface area contributed by atoms with Crippen molar-refractivity contribution in [2.24, 2.45) is 0 Å². The molecule has 1 unspecified atom stereocenters. The van der Waals surface area contributed by atoms with Crippen LogP contribution in [-0.4, -0.2) is 49.7 Å². The van der Waals surface area contributed by atoms with Gasteiger partial charge in [-0.05, 0) is 45.6 Å². The highest BCUT2D eigenvalue weighted by molar-refractivity contribution is 5.52. The van der Waals surface area contributed by atoms with Crippen molar-refractivity contribution in [2.75, 3.05) is 38.6 Å². The summed E-state index contributed by atoms with van der Waals surface area (Å²) < 4.78 is 0. The first-order chi connectivity index (χ1) is 8.72. The largest absolute Gasteiger partial charge is 0.366 e. The average molecular weight is 248 g/mol. The number of likely N-dealkylation sites (N-methyl/N-ethyl adjacent to an activating group) is 1. The van der Waals surface area contributed by atoms with E-state index in [-0.39, 0.29) is 0 Å². The van der Waals surface area contributed by atoms with Crippen LogP contribution in [0.4, 0.5) is 5.69 Å². The number of hydrogen-bond donors (Lipinski definition) is 1. The lowest BCUT2D eigenvalue weighted by Crippen LogP contribution is -2.38. The van der Waals surface area contributed by atoms with Crippen molar-refractivity contribution in [1.29, 1.82) is 0 Å². The van der Waals surface area contributed by atoms with Gasteiger partial charge >= 0.3 is 0 Å². The van der Waals surface area contributed by atoms with E-state index < -0.39 is 0 Å². The molecule has 0 saturated carbocycles. The molecule has 1 aliphatic rings. The van der Waals surface area contributed by atoms with Crippen LogP contribution in [0.2, 0.25) is 0 Å². The third kappa shape index (κ3) is 3.00. The summed E-state index contributed by atoms with van der Waals surface area (Å²) >= 11 is 0. The molecule has 0 bridgehead atoms. The number of nitrogens with one attached hydrogen (secondary N) is 1. The molecule has 0 aliphatic carbocycles. The molecule has 18 heavy (non-hydrogen) atoms. The highest BCUT2D eigenvalue weighted by Gasteiger charge is 2.21. The molecule has 1 atom stereocenters. The zero-order valence-corrected chi connectivity index (χ0v) is 11.7. The predicted octanol–water partition coefficient (Wildman–Crippen LogP) is 1.33. The van der Waals surface area contributed by atoms with E-state index in [2.05, 4.69) is 40.1 Å². The predicted molar refractivity (Wildman–Crippen MR) is 75.9 cm³/mol. The second-order valence-corrected chi connectivity index (χ2v) is 5.19. The van der Waals surface area contributed by atoms with Crippen LogP contribution in [-0.2, 0) is 6.54 Å². The van der Waals surface area contributed by atoms with Gasteiger partial charge in [-0.2, -0.15) is 0 Å². The molecule has 1 saturated heterocycles. The summed E-state index contributed by atoms with van der Waals surface area (Å²) in [6, 6.07) is 2.66. The molecule has 2 heterocycles. The zero-order valence-electron chi connectivity index (χ0n) is 11.7. The van der Waals surface area contributed by atoms with Crippen LogP contribution in [0.5, 0.6) is 0 Å². The summed E-state index contributed by atoms with van der Waals surface area (Å²) in [5.74, 6) is 0. The van der Waals surface area contributed by atoms with Gasteiger partial charge in [0.05, 0.1) is 11.9 Å². The standard InChI is InChI=1S/C14H24N4/c1-12-11-17(3)7-4-8-18(12)14-10-16-6-5-13(14)9-15-2/h5-6,10,12,15H,4,7-9,11H2,1-3H3. The fourth-order valence-corrected chi connectivity index (χ4v) is 2.74. The summed E-state index contributed by atoms with van der Waals surface area (Å²) in [5.41, 5.74) is 2.62. The van der Waals surface area contributed by atoms with Crippen molar-refractivity contribution in [3.8, 4) is 0 Å². The van der Waals surface area contributed by atoms with Crippen molar-refractivity contribution in [3.63, 3.8) is 0 Å². The first-order valence-corrected chi connectivity index (χ1v) is 6.75. The Bertz CT molecular complexity index is 380. The van der Waals surface area contributed by atoms with Gasteiger partial charge in [-0.3, -0.25) is 4.98 Å². The number of rotatable bonds is 3. The lowest BCUT2D eigenvalue weighted by Gasteiger charge is -2.31. The van der Waals surface area contributed by atoms with E-state index in [9.17, 15) is 0 Å². The van der Waals surface area contributed by atoms with Crippen LogP contribution < -0.4 is 10.2 Å². The van der Waals surface area contributed by atoms with Gasteiger partial charge < -0.3 is 15.1 Å². The molecule has 100 valence electrons. The van der Waals surface area contributed by atoms with E-state index in [4.69, 9.17) is 0 Å². The Morgan fingerprint density at radius 1 is 1.44 bits per heavy atom. The Labute approximate surface area is 110 Å². The topological polar surface area (TPSA) is 31.4 Å². The number of aromatic nitrogens is 1. The van der Waals surface area contributed by atoms with E-state index in [1.807, 2.05) is 19.4 Å². The SMILES string of the molecule is CNCc1ccncc1N1CCCN(C)CC1C. The Morgan fingerprint density at radius 2 is 2.28 bits per heavy atom. The van der Waals surface area contributed by atoms with Gasteiger partial charge in [0.15, 0.2) is 0 Å². The van der Waals surface area contributed by atoms with E-state index in [1.54, 1.807) is 0 Å². The van der Waals surface area contributed by atoms with Crippen LogP contribution >= 0.6 is 0 Å². The van der Waals surface area contributed by atoms with E-state index in [1.165, 1.54) is 24.2 Å². The molecular formula is C14H24N4. The van der Waals surface area contributed by atoms with Crippen molar-refractivity contribution >= 4 is 5.69 Å². The molecule has 0 amide bonds. The lowest BCUT2D eigenvalue weighted by molar-refractivity contribution is 0.337. The molecule has 4 heteroatoms. The minimum Gasteiger partial charge on any atom is -0.366 e. The maximum absolute atomic E-state index is 4.30. The summed E-state index contributed by atoms with van der Waals surface area (Å²) in [6.07, 6.45) is 5.11. The van der Waals surface area contributed by atoms with Gasteiger partial charge in [0.1, 0.15) is 0 Å². The molecule has 1 N–H and O–H groups in total. The molecule has 0 radical (unpaired) electrons. The lowest BCUT2D eigenvalue weighted by atomic mass is 10.1. The fraction of sp³-hybridized carbons (Fsp3) is 0.643. The highest BCUT2D eigenvalue weighted by atomic mass is 15.2. The molecule has 1 fully saturated rings. The van der Waals surface area contributed by atoms with E-state index >= 15 is 0 Å². The quantitative estimate of drug-likeness (QED) is 0.874. The molecule has 4 nitrogen and oxygen atoms in total. The zero-order chi connectivity index (χ0) is 13.0. The minimum atomic E-state index is 0.539. The monoisotopic (exact) mass is 248 g/mol. The van der Waals surface area contributed by atoms with Crippen LogP contribution in [0.3, 0.4) is 0 Å². The fourth-order valence-electron chi connectivity index (χ4n) is 2.74. The van der Waals surface area contributed by atoms with E-state index in [0.717, 1.165) is 19.6 Å². The number of anilines is 1. The first-order valence-electron chi connectivity index (χ1n) is 6.75. The van der Waals surface area contributed by atoms with Gasteiger partial charge in [0, 0.05) is 31.9 Å². The molecule has 1 aromatic rings. The average Bonchev–Trinajstić information content (AvgIpc) is 2.51. The van der Waals surface area contributed by atoms with Gasteiger partial charge in [-0.15, -0.1) is 0 Å². The third-order valence-electron chi connectivity index (χ3n) is 3.61. The van der Waals surface area contributed by atoms with Crippen LogP contribution in [0.25, 0.3) is 0 Å². The van der Waals surface area contributed by atoms with Gasteiger partial charge in [0.25, 0.3) is 0 Å². The van der Waals surface area contributed by atoms with Crippen LogP contribution in [0, 0.1) is 0 Å². The number of hydrogen-bond acceptors (Lipinski definition) is 4. The third-order valence-corrected chi connectivity index (χ3v) is 3.61. The first kappa shape index (κ1) is 13.3. The maximum Gasteiger partial charge on any atom is 0.0601 e. The summed E-state index contributed by atoms with van der Waals surface area (Å²) in [7, 11) is 4.20. The normalized spacial score (nSPS) is 21.9. The summed E-state index contributed by atoms with van der Waals surface area (Å²) in [5, 5.41) is 3.24. The van der Waals surface area contributed by atoms with Gasteiger partial charge in [-0.1, -0.05) is 0 Å². The molecular weight excluding hydrogens is 224 g/mol. The molecule has 1 aliphatic heterocycles. The Morgan fingerprint density at radius 3 is 3.06 bits per heavy atom. The second-order valence-electron chi connectivity index (χ2n) is 5.19. The summed E-state index contributed by atoms with van der Waals surface area (Å²) in [4.78, 5) is 9.22. The van der Waals surface area contributed by atoms with Crippen molar-refractivity contribution < 1.29 is 0 Å². The van der Waals surface area contributed by atoms with Crippen LogP contribution in [0.15, 0.2) is 18.5 Å². The molecule has 0 spiro atoms. The molecule has 0 aromatic carbocycles. The number of nitrogens with zero attached hydrogens (tertiary/aromatic N) is 3. The Kier molecular flexibility index (Phi) is 4.55. The van der Waals surface area contributed by atoms with Crippen molar-refractivity contribution in [3.05, 3.63) is 24.0 Å². The minimum absolute atomic E-state index is 0.539. The van der Waals surface area contributed by atoms with E-state index in [0.29, 0.717) is 6.04 Å². The number of pyridine rings is 1. The molecule has 1 aromatic heterocycles. The molecule has 2 rings (SSSR count). The highest BCUT2D eigenvalue weighted by Crippen LogP contribution is 2.23. The van der Waals surface area contributed by atoms with Crippen molar-refractivity contribution in [2.45, 2.75) is 25.9 Å².